The average molecular weight is 327 g/mol. The molecule has 0 bridgehead atoms. The van der Waals surface area contributed by atoms with Gasteiger partial charge in [-0.05, 0) is 36.8 Å². The van der Waals surface area contributed by atoms with E-state index in [-0.39, 0.29) is 12.5 Å². The van der Waals surface area contributed by atoms with Crippen LogP contribution in [0.15, 0.2) is 54.6 Å². The van der Waals surface area contributed by atoms with Gasteiger partial charge in [0, 0.05) is 6.54 Å². The molecule has 0 saturated heterocycles. The summed E-state index contributed by atoms with van der Waals surface area (Å²) in [5.74, 6) is 0.356. The lowest BCUT2D eigenvalue weighted by Crippen LogP contribution is -2.29. The summed E-state index contributed by atoms with van der Waals surface area (Å²) in [5.41, 5.74) is 0.338. The second-order valence-corrected chi connectivity index (χ2v) is 5.22. The van der Waals surface area contributed by atoms with Crippen LogP contribution in [0.5, 0.6) is 11.5 Å². The summed E-state index contributed by atoms with van der Waals surface area (Å²) in [6.07, 6.45) is 1.90. The fourth-order valence-corrected chi connectivity index (χ4v) is 1.98. The van der Waals surface area contributed by atoms with Crippen molar-refractivity contribution in [2.24, 2.45) is 0 Å². The van der Waals surface area contributed by atoms with Crippen LogP contribution < -0.4 is 10.1 Å². The molecule has 1 N–H and O–H groups in total. The summed E-state index contributed by atoms with van der Waals surface area (Å²) in [5, 5.41) is 2.69. The van der Waals surface area contributed by atoms with E-state index in [9.17, 15) is 9.59 Å². The van der Waals surface area contributed by atoms with Crippen LogP contribution >= 0.6 is 0 Å². The van der Waals surface area contributed by atoms with Gasteiger partial charge in [-0.25, -0.2) is 4.79 Å². The van der Waals surface area contributed by atoms with E-state index in [0.717, 1.165) is 12.8 Å². The van der Waals surface area contributed by atoms with E-state index >= 15 is 0 Å². The van der Waals surface area contributed by atoms with E-state index in [0.29, 0.717) is 23.6 Å². The van der Waals surface area contributed by atoms with Gasteiger partial charge in [-0.3, -0.25) is 4.79 Å². The van der Waals surface area contributed by atoms with Gasteiger partial charge in [0.2, 0.25) is 0 Å². The molecule has 2 aromatic rings. The first-order valence-electron chi connectivity index (χ1n) is 7.96. The van der Waals surface area contributed by atoms with Gasteiger partial charge in [0.15, 0.2) is 6.61 Å². The highest BCUT2D eigenvalue weighted by molar-refractivity contribution is 5.91. The Bertz CT molecular complexity index is 670. The molecule has 0 aromatic heterocycles. The van der Waals surface area contributed by atoms with Gasteiger partial charge in [-0.15, -0.1) is 0 Å². The molecule has 2 aromatic carbocycles. The van der Waals surface area contributed by atoms with E-state index < -0.39 is 5.97 Å². The zero-order valence-corrected chi connectivity index (χ0v) is 13.7. The molecule has 126 valence electrons. The molecule has 0 aliphatic rings. The lowest BCUT2D eigenvalue weighted by Gasteiger charge is -2.08. The summed E-state index contributed by atoms with van der Waals surface area (Å²) in [6, 6.07) is 15.9. The SMILES string of the molecule is CCCCNC(=O)COC(=O)c1cccc(Oc2ccccc2)c1. The number of ether oxygens (including phenoxy) is 2. The molecule has 0 saturated carbocycles. The Morgan fingerprint density at radius 2 is 1.75 bits per heavy atom. The van der Waals surface area contributed by atoms with Crippen molar-refractivity contribution in [3.63, 3.8) is 0 Å². The molecule has 5 heteroatoms. The second kappa shape index (κ2) is 9.35. The van der Waals surface area contributed by atoms with E-state index in [1.54, 1.807) is 24.3 Å². The van der Waals surface area contributed by atoms with E-state index in [2.05, 4.69) is 5.32 Å². The van der Waals surface area contributed by atoms with Crippen molar-refractivity contribution < 1.29 is 19.1 Å². The number of amides is 1. The fraction of sp³-hybridized carbons (Fsp3) is 0.263. The molecule has 5 nitrogen and oxygen atoms in total. The van der Waals surface area contributed by atoms with Gasteiger partial charge < -0.3 is 14.8 Å². The third-order valence-electron chi connectivity index (χ3n) is 3.24. The number of para-hydroxylation sites is 1. The number of unbranched alkanes of at least 4 members (excludes halogenated alkanes) is 1. The van der Waals surface area contributed by atoms with Crippen molar-refractivity contribution in [2.45, 2.75) is 19.8 Å². The Labute approximate surface area is 141 Å². The summed E-state index contributed by atoms with van der Waals surface area (Å²) in [7, 11) is 0. The second-order valence-electron chi connectivity index (χ2n) is 5.22. The first-order chi connectivity index (χ1) is 11.7. The zero-order chi connectivity index (χ0) is 17.2. The maximum atomic E-state index is 12.0. The van der Waals surface area contributed by atoms with Crippen molar-refractivity contribution in [1.82, 2.24) is 5.32 Å². The maximum Gasteiger partial charge on any atom is 0.338 e. The lowest BCUT2D eigenvalue weighted by molar-refractivity contribution is -0.124. The van der Waals surface area contributed by atoms with Crippen LogP contribution in [0.2, 0.25) is 0 Å². The highest BCUT2D eigenvalue weighted by Crippen LogP contribution is 2.22. The number of rotatable bonds is 8. The fourth-order valence-electron chi connectivity index (χ4n) is 1.98. The van der Waals surface area contributed by atoms with Gasteiger partial charge in [0.25, 0.3) is 5.91 Å². The van der Waals surface area contributed by atoms with Crippen LogP contribution in [0.4, 0.5) is 0 Å². The molecule has 0 aliphatic heterocycles. The number of carbonyl (C=O) groups excluding carboxylic acids is 2. The normalized spacial score (nSPS) is 10.0. The number of hydrogen-bond donors (Lipinski definition) is 1. The first kappa shape index (κ1) is 17.5. The molecule has 0 unspecified atom stereocenters. The summed E-state index contributed by atoms with van der Waals surface area (Å²) in [6.45, 7) is 2.34. The monoisotopic (exact) mass is 327 g/mol. The van der Waals surface area contributed by atoms with Crippen LogP contribution in [0.25, 0.3) is 0 Å². The topological polar surface area (TPSA) is 64.6 Å². The van der Waals surface area contributed by atoms with Crippen molar-refractivity contribution in [3.05, 3.63) is 60.2 Å². The molecule has 0 spiro atoms. The van der Waals surface area contributed by atoms with Crippen molar-refractivity contribution in [3.8, 4) is 11.5 Å². The third kappa shape index (κ3) is 5.76. The van der Waals surface area contributed by atoms with Crippen molar-refractivity contribution in [2.75, 3.05) is 13.2 Å². The number of hydrogen-bond acceptors (Lipinski definition) is 4. The zero-order valence-electron chi connectivity index (χ0n) is 13.7. The molecule has 24 heavy (non-hydrogen) atoms. The largest absolute Gasteiger partial charge is 0.457 e. The Balaban J connectivity index is 1.88. The Morgan fingerprint density at radius 1 is 1.00 bits per heavy atom. The van der Waals surface area contributed by atoms with E-state index in [4.69, 9.17) is 9.47 Å². The highest BCUT2D eigenvalue weighted by Gasteiger charge is 2.11. The van der Waals surface area contributed by atoms with E-state index in [1.807, 2.05) is 37.3 Å². The van der Waals surface area contributed by atoms with Crippen molar-refractivity contribution in [1.29, 1.82) is 0 Å². The van der Waals surface area contributed by atoms with Gasteiger partial charge in [0.1, 0.15) is 11.5 Å². The van der Waals surface area contributed by atoms with Crippen LogP contribution in [0, 0.1) is 0 Å². The molecule has 0 aliphatic carbocycles. The maximum absolute atomic E-state index is 12.0. The summed E-state index contributed by atoms with van der Waals surface area (Å²) >= 11 is 0. The number of carbonyl (C=O) groups is 2. The Hall–Kier alpha value is -2.82. The number of benzene rings is 2. The van der Waals surface area contributed by atoms with E-state index in [1.165, 1.54) is 0 Å². The molecule has 2 rings (SSSR count). The summed E-state index contributed by atoms with van der Waals surface area (Å²) < 4.78 is 10.7. The summed E-state index contributed by atoms with van der Waals surface area (Å²) in [4.78, 5) is 23.6. The molecule has 0 heterocycles. The van der Waals surface area contributed by atoms with Crippen molar-refractivity contribution >= 4 is 11.9 Å². The van der Waals surface area contributed by atoms with Gasteiger partial charge >= 0.3 is 5.97 Å². The van der Waals surface area contributed by atoms with Crippen LogP contribution in [0.1, 0.15) is 30.1 Å². The molecule has 0 radical (unpaired) electrons. The number of esters is 1. The van der Waals surface area contributed by atoms with Gasteiger partial charge in [-0.2, -0.15) is 0 Å². The Kier molecular flexibility index (Phi) is 6.83. The number of nitrogens with one attached hydrogen (secondary N) is 1. The predicted octanol–water partition coefficient (Wildman–Crippen LogP) is 3.55. The predicted molar refractivity (Wildman–Crippen MR) is 91.2 cm³/mol. The lowest BCUT2D eigenvalue weighted by atomic mass is 10.2. The quantitative estimate of drug-likeness (QED) is 0.595. The molecule has 0 atom stereocenters. The molecule has 1 amide bonds. The minimum Gasteiger partial charge on any atom is -0.457 e. The first-order valence-corrected chi connectivity index (χ1v) is 7.96. The van der Waals surface area contributed by atoms with Gasteiger partial charge in [-0.1, -0.05) is 37.6 Å². The van der Waals surface area contributed by atoms with Gasteiger partial charge in [0.05, 0.1) is 5.56 Å². The van der Waals surface area contributed by atoms with Crippen LogP contribution in [0.3, 0.4) is 0 Å². The molecular formula is C19H21NO4. The molecule has 0 fully saturated rings. The van der Waals surface area contributed by atoms with Crippen LogP contribution in [-0.2, 0) is 9.53 Å². The van der Waals surface area contributed by atoms with Crippen LogP contribution in [-0.4, -0.2) is 25.0 Å². The molecular weight excluding hydrogens is 306 g/mol. The standard InChI is InChI=1S/C19H21NO4/c1-2-3-12-20-18(21)14-23-19(22)15-8-7-11-17(13-15)24-16-9-5-4-6-10-16/h4-11,13H,2-3,12,14H2,1H3,(H,20,21). The highest BCUT2D eigenvalue weighted by atomic mass is 16.5. The third-order valence-corrected chi connectivity index (χ3v) is 3.24. The minimum absolute atomic E-state index is 0.285. The Morgan fingerprint density at radius 3 is 2.50 bits per heavy atom. The minimum atomic E-state index is -0.556. The smallest absolute Gasteiger partial charge is 0.338 e. The average Bonchev–Trinajstić information content (AvgIpc) is 2.61.